The maximum atomic E-state index is 14.6. The summed E-state index contributed by atoms with van der Waals surface area (Å²) in [4.78, 5) is 28.3. The van der Waals surface area contributed by atoms with Crippen LogP contribution in [-0.2, 0) is 16.1 Å². The van der Waals surface area contributed by atoms with E-state index in [0.29, 0.717) is 17.8 Å². The van der Waals surface area contributed by atoms with E-state index in [1.165, 1.54) is 18.2 Å². The molecule has 192 valence electrons. The van der Waals surface area contributed by atoms with Gasteiger partial charge in [0.2, 0.25) is 5.91 Å². The SMILES string of the molecule is CN(C)c1ccc(-c2ccc(CN(C(=O)C3CCCCC3)c3cc(F)cc(C=CC(=O)O)c3)cc2)cc1. The summed E-state index contributed by atoms with van der Waals surface area (Å²) in [6.45, 7) is 0.306. The van der Waals surface area contributed by atoms with Gasteiger partial charge in [0.05, 0.1) is 6.54 Å². The molecule has 3 aromatic rings. The average Bonchev–Trinajstić information content (AvgIpc) is 2.91. The molecule has 1 N–H and O–H groups in total. The topological polar surface area (TPSA) is 60.9 Å². The van der Waals surface area contributed by atoms with Crippen LogP contribution >= 0.6 is 0 Å². The van der Waals surface area contributed by atoms with Crippen LogP contribution < -0.4 is 9.80 Å². The highest BCUT2D eigenvalue weighted by atomic mass is 19.1. The van der Waals surface area contributed by atoms with Crippen molar-refractivity contribution in [1.82, 2.24) is 0 Å². The average molecular weight is 501 g/mol. The fourth-order valence-corrected chi connectivity index (χ4v) is 4.82. The molecule has 0 spiro atoms. The molecule has 0 unspecified atom stereocenters. The minimum atomic E-state index is -1.11. The minimum Gasteiger partial charge on any atom is -0.478 e. The molecule has 3 aromatic carbocycles. The number of halogens is 1. The van der Waals surface area contributed by atoms with Crippen molar-refractivity contribution in [2.45, 2.75) is 38.6 Å². The van der Waals surface area contributed by atoms with Crippen molar-refractivity contribution >= 4 is 29.3 Å². The molecular formula is C31H33FN2O3. The molecule has 0 heterocycles. The number of aliphatic carboxylic acids is 1. The molecule has 37 heavy (non-hydrogen) atoms. The summed E-state index contributed by atoms with van der Waals surface area (Å²) in [6.07, 6.45) is 7.13. The van der Waals surface area contributed by atoms with Crippen molar-refractivity contribution in [2.75, 3.05) is 23.9 Å². The van der Waals surface area contributed by atoms with E-state index < -0.39 is 11.8 Å². The number of rotatable bonds is 8. The Bertz CT molecular complexity index is 1260. The number of amides is 1. The Hall–Kier alpha value is -3.93. The van der Waals surface area contributed by atoms with Crippen molar-refractivity contribution in [3.63, 3.8) is 0 Å². The number of carboxylic acid groups (broad SMARTS) is 1. The molecule has 5 nitrogen and oxygen atoms in total. The second-order valence-corrected chi connectivity index (χ2v) is 9.81. The molecule has 1 fully saturated rings. The number of hydrogen-bond acceptors (Lipinski definition) is 3. The molecular weight excluding hydrogens is 467 g/mol. The molecule has 0 radical (unpaired) electrons. The van der Waals surface area contributed by atoms with Gasteiger partial charge in [0.25, 0.3) is 0 Å². The fourth-order valence-electron chi connectivity index (χ4n) is 4.82. The van der Waals surface area contributed by atoms with E-state index in [2.05, 4.69) is 29.2 Å². The molecule has 4 rings (SSSR count). The van der Waals surface area contributed by atoms with Gasteiger partial charge in [-0.05, 0) is 71.5 Å². The molecule has 0 atom stereocenters. The first-order valence-corrected chi connectivity index (χ1v) is 12.7. The van der Waals surface area contributed by atoms with Crippen LogP contribution in [0.2, 0.25) is 0 Å². The molecule has 6 heteroatoms. The zero-order chi connectivity index (χ0) is 26.4. The van der Waals surface area contributed by atoms with E-state index >= 15 is 0 Å². The lowest BCUT2D eigenvalue weighted by atomic mass is 9.88. The van der Waals surface area contributed by atoms with Gasteiger partial charge in [-0.3, -0.25) is 4.79 Å². The first kappa shape index (κ1) is 26.1. The van der Waals surface area contributed by atoms with Gasteiger partial charge in [-0.1, -0.05) is 55.7 Å². The third kappa shape index (κ3) is 6.85. The van der Waals surface area contributed by atoms with E-state index in [0.717, 1.165) is 60.6 Å². The Morgan fingerprint density at radius 1 is 0.892 bits per heavy atom. The predicted molar refractivity (Wildman–Crippen MR) is 147 cm³/mol. The van der Waals surface area contributed by atoms with Gasteiger partial charge in [0, 0.05) is 37.5 Å². The van der Waals surface area contributed by atoms with Gasteiger partial charge in [0.15, 0.2) is 0 Å². The van der Waals surface area contributed by atoms with Crippen molar-refractivity contribution in [3.8, 4) is 11.1 Å². The maximum absolute atomic E-state index is 14.6. The summed E-state index contributed by atoms with van der Waals surface area (Å²) in [7, 11) is 4.02. The highest BCUT2D eigenvalue weighted by molar-refractivity contribution is 5.95. The summed E-state index contributed by atoms with van der Waals surface area (Å²) in [5, 5.41) is 8.97. The van der Waals surface area contributed by atoms with Crippen LogP contribution in [0.1, 0.15) is 43.2 Å². The third-order valence-corrected chi connectivity index (χ3v) is 6.87. The number of nitrogens with zero attached hydrogens (tertiary/aromatic N) is 2. The number of benzene rings is 3. The number of carboxylic acids is 1. The molecule has 1 aliphatic rings. The van der Waals surface area contributed by atoms with Gasteiger partial charge in [-0.2, -0.15) is 0 Å². The van der Waals surface area contributed by atoms with Crippen molar-refractivity contribution < 1.29 is 19.1 Å². The minimum absolute atomic E-state index is 0.0122. The maximum Gasteiger partial charge on any atom is 0.328 e. The Balaban J connectivity index is 1.62. The first-order valence-electron chi connectivity index (χ1n) is 12.7. The van der Waals surface area contributed by atoms with E-state index in [4.69, 9.17) is 5.11 Å². The summed E-state index contributed by atoms with van der Waals surface area (Å²) in [6, 6.07) is 20.7. The molecule has 0 saturated heterocycles. The van der Waals surface area contributed by atoms with Crippen molar-refractivity contribution in [1.29, 1.82) is 0 Å². The van der Waals surface area contributed by atoms with E-state index in [1.807, 2.05) is 38.4 Å². The molecule has 0 aromatic heterocycles. The van der Waals surface area contributed by atoms with Gasteiger partial charge < -0.3 is 14.9 Å². The molecule has 1 amide bonds. The Morgan fingerprint density at radius 3 is 2.11 bits per heavy atom. The molecule has 0 bridgehead atoms. The monoisotopic (exact) mass is 500 g/mol. The van der Waals surface area contributed by atoms with Crippen LogP contribution in [0.3, 0.4) is 0 Å². The van der Waals surface area contributed by atoms with Crippen molar-refractivity contribution in [2.24, 2.45) is 5.92 Å². The highest BCUT2D eigenvalue weighted by Crippen LogP contribution is 2.30. The van der Waals surface area contributed by atoms with Gasteiger partial charge >= 0.3 is 5.97 Å². The smallest absolute Gasteiger partial charge is 0.328 e. The van der Waals surface area contributed by atoms with Crippen LogP contribution in [0, 0.1) is 11.7 Å². The van der Waals surface area contributed by atoms with Crippen molar-refractivity contribution in [3.05, 3.63) is 89.8 Å². The number of hydrogen-bond donors (Lipinski definition) is 1. The number of anilines is 2. The third-order valence-electron chi connectivity index (χ3n) is 6.87. The second-order valence-electron chi connectivity index (χ2n) is 9.81. The Kier molecular flexibility index (Phi) is 8.39. The van der Waals surface area contributed by atoms with E-state index in [9.17, 15) is 14.0 Å². The van der Waals surface area contributed by atoms with Crippen LogP contribution in [0.15, 0.2) is 72.8 Å². The van der Waals surface area contributed by atoms with Gasteiger partial charge in [-0.25, -0.2) is 9.18 Å². The Morgan fingerprint density at radius 2 is 1.51 bits per heavy atom. The number of carbonyl (C=O) groups excluding carboxylic acids is 1. The normalized spacial score (nSPS) is 14.0. The van der Waals surface area contributed by atoms with Crippen LogP contribution in [-0.4, -0.2) is 31.1 Å². The van der Waals surface area contributed by atoms with E-state index in [-0.39, 0.29) is 11.8 Å². The summed E-state index contributed by atoms with van der Waals surface area (Å²) >= 11 is 0. The zero-order valence-electron chi connectivity index (χ0n) is 21.4. The Labute approximate surface area is 217 Å². The fraction of sp³-hybridized carbons (Fsp3) is 0.290. The zero-order valence-corrected chi connectivity index (χ0v) is 21.4. The lowest BCUT2D eigenvalue weighted by Gasteiger charge is -2.30. The molecule has 1 aliphatic carbocycles. The standard InChI is InChI=1S/C31H33FN2O3/c1-33(2)28-15-13-25(14-16-28)24-11-8-22(9-12-24)21-34(31(37)26-6-4-3-5-7-26)29-19-23(10-17-30(35)36)18-27(32)20-29/h8-20,26H,3-7,21H2,1-2H3,(H,35,36). The van der Waals surface area contributed by atoms with Gasteiger partial charge in [-0.15, -0.1) is 0 Å². The molecule has 1 saturated carbocycles. The largest absolute Gasteiger partial charge is 0.478 e. The summed E-state index contributed by atoms with van der Waals surface area (Å²) < 4.78 is 14.6. The lowest BCUT2D eigenvalue weighted by molar-refractivity contribution is -0.131. The van der Waals surface area contributed by atoms with Crippen LogP contribution in [0.5, 0.6) is 0 Å². The molecule has 0 aliphatic heterocycles. The number of carbonyl (C=O) groups is 2. The quantitative estimate of drug-likeness (QED) is 0.347. The lowest BCUT2D eigenvalue weighted by Crippen LogP contribution is -2.36. The van der Waals surface area contributed by atoms with E-state index in [1.54, 1.807) is 11.0 Å². The van der Waals surface area contributed by atoms with Gasteiger partial charge in [0.1, 0.15) is 5.82 Å². The second kappa shape index (κ2) is 11.9. The summed E-state index contributed by atoms with van der Waals surface area (Å²) in [5.74, 6) is -1.73. The highest BCUT2D eigenvalue weighted by Gasteiger charge is 2.27. The first-order chi connectivity index (χ1) is 17.8. The van der Waals surface area contributed by atoms with Crippen LogP contribution in [0.25, 0.3) is 17.2 Å². The summed E-state index contributed by atoms with van der Waals surface area (Å²) in [5.41, 5.74) is 5.08. The predicted octanol–water partition coefficient (Wildman–Crippen LogP) is 6.77. The van der Waals surface area contributed by atoms with Crippen LogP contribution in [0.4, 0.5) is 15.8 Å².